The molecule has 0 aliphatic carbocycles. The summed E-state index contributed by atoms with van der Waals surface area (Å²) < 4.78 is 0. The average Bonchev–Trinajstić information content (AvgIpc) is 2.66. The molecule has 2 heterocycles. The van der Waals surface area contributed by atoms with Gasteiger partial charge in [-0.25, -0.2) is 4.98 Å². The molecule has 6 heteroatoms. The fourth-order valence-corrected chi connectivity index (χ4v) is 3.19. The van der Waals surface area contributed by atoms with E-state index >= 15 is 0 Å². The number of halogens is 1. The molecule has 0 saturated carbocycles. The zero-order valence-corrected chi connectivity index (χ0v) is 15.0. The van der Waals surface area contributed by atoms with Gasteiger partial charge in [0.15, 0.2) is 0 Å². The number of anilines is 1. The van der Waals surface area contributed by atoms with Crippen LogP contribution < -0.4 is 10.2 Å². The van der Waals surface area contributed by atoms with Crippen molar-refractivity contribution in [1.82, 2.24) is 15.2 Å². The van der Waals surface area contributed by atoms with Gasteiger partial charge in [-0.15, -0.1) is 0 Å². The maximum absolute atomic E-state index is 12.0. The Labute approximate surface area is 153 Å². The monoisotopic (exact) mass is 358 g/mol. The molecule has 1 N–H and O–H groups in total. The van der Waals surface area contributed by atoms with Crippen molar-refractivity contribution in [3.05, 3.63) is 59.4 Å². The molecule has 1 aromatic carbocycles. The van der Waals surface area contributed by atoms with Crippen LogP contribution in [0.1, 0.15) is 16.8 Å². The predicted octanol–water partition coefficient (Wildman–Crippen LogP) is 2.68. The van der Waals surface area contributed by atoms with Crippen molar-refractivity contribution in [3.63, 3.8) is 0 Å². The summed E-state index contributed by atoms with van der Waals surface area (Å²) in [7, 11) is 0. The Balaban J connectivity index is 1.34. The summed E-state index contributed by atoms with van der Waals surface area (Å²) in [5, 5.41) is 3.27. The van der Waals surface area contributed by atoms with Crippen LogP contribution in [0.3, 0.4) is 0 Å². The molecule has 0 radical (unpaired) electrons. The smallest absolute Gasteiger partial charge is 0.251 e. The summed E-state index contributed by atoms with van der Waals surface area (Å²) >= 11 is 5.81. The number of hydrogen-bond donors (Lipinski definition) is 1. The van der Waals surface area contributed by atoms with Gasteiger partial charge in [-0.2, -0.15) is 0 Å². The summed E-state index contributed by atoms with van der Waals surface area (Å²) in [5.74, 6) is -0.0989. The first-order valence-corrected chi connectivity index (χ1v) is 9.02. The molecule has 1 aliphatic heterocycles. The molecule has 1 saturated heterocycles. The van der Waals surface area contributed by atoms with Gasteiger partial charge in [0.25, 0.3) is 5.91 Å². The van der Waals surface area contributed by atoms with Crippen LogP contribution in [0.2, 0.25) is 5.15 Å². The third-order valence-electron chi connectivity index (χ3n) is 4.42. The lowest BCUT2D eigenvalue weighted by atomic mass is 10.2. The van der Waals surface area contributed by atoms with Crippen molar-refractivity contribution in [2.75, 3.05) is 44.2 Å². The molecule has 0 spiro atoms. The fourth-order valence-electron chi connectivity index (χ4n) is 3.02. The third-order valence-corrected chi connectivity index (χ3v) is 4.63. The second-order valence-corrected chi connectivity index (χ2v) is 6.53. The van der Waals surface area contributed by atoms with Crippen LogP contribution in [0.25, 0.3) is 0 Å². The van der Waals surface area contributed by atoms with Gasteiger partial charge in [-0.3, -0.25) is 9.69 Å². The van der Waals surface area contributed by atoms with Gasteiger partial charge in [-0.1, -0.05) is 29.8 Å². The molecule has 5 nitrogen and oxygen atoms in total. The van der Waals surface area contributed by atoms with Crippen molar-refractivity contribution in [1.29, 1.82) is 0 Å². The zero-order chi connectivity index (χ0) is 17.5. The summed E-state index contributed by atoms with van der Waals surface area (Å²) in [5.41, 5.74) is 1.85. The Morgan fingerprint density at radius 2 is 1.88 bits per heavy atom. The van der Waals surface area contributed by atoms with Crippen LogP contribution in [0.15, 0.2) is 48.7 Å². The molecule has 0 unspecified atom stereocenters. The van der Waals surface area contributed by atoms with E-state index in [0.29, 0.717) is 17.3 Å². The van der Waals surface area contributed by atoms with Crippen LogP contribution in [-0.4, -0.2) is 55.1 Å². The molecule has 1 fully saturated rings. The van der Waals surface area contributed by atoms with E-state index in [-0.39, 0.29) is 5.91 Å². The van der Waals surface area contributed by atoms with Crippen LogP contribution in [0.4, 0.5) is 5.69 Å². The number of nitrogens with zero attached hydrogens (tertiary/aromatic N) is 3. The summed E-state index contributed by atoms with van der Waals surface area (Å²) in [6.45, 7) is 5.88. The predicted molar refractivity (Wildman–Crippen MR) is 101 cm³/mol. The van der Waals surface area contributed by atoms with Crippen LogP contribution in [-0.2, 0) is 0 Å². The molecule has 3 rings (SSSR count). The van der Waals surface area contributed by atoms with Gasteiger partial charge in [0, 0.05) is 50.2 Å². The van der Waals surface area contributed by atoms with Crippen molar-refractivity contribution in [2.45, 2.75) is 6.42 Å². The largest absolute Gasteiger partial charge is 0.369 e. The standard InChI is InChI=1S/C19H23ClN4O/c20-18-15-16(7-9-21-18)19(25)22-8-4-10-23-11-13-24(14-12-23)17-5-2-1-3-6-17/h1-3,5-7,9,15H,4,8,10-14H2,(H,22,25). The Kier molecular flexibility index (Phi) is 6.25. The first-order valence-electron chi connectivity index (χ1n) is 8.64. The summed E-state index contributed by atoms with van der Waals surface area (Å²) in [6, 6.07) is 13.8. The number of carbonyl (C=O) groups is 1. The van der Waals surface area contributed by atoms with E-state index in [4.69, 9.17) is 11.6 Å². The van der Waals surface area contributed by atoms with E-state index in [1.165, 1.54) is 5.69 Å². The summed E-state index contributed by atoms with van der Waals surface area (Å²) in [6.07, 6.45) is 2.49. The second-order valence-electron chi connectivity index (χ2n) is 6.14. The molecule has 0 bridgehead atoms. The highest BCUT2D eigenvalue weighted by atomic mass is 35.5. The Hall–Kier alpha value is -2.11. The lowest BCUT2D eigenvalue weighted by Gasteiger charge is -2.36. The van der Waals surface area contributed by atoms with E-state index in [9.17, 15) is 4.79 Å². The molecule has 25 heavy (non-hydrogen) atoms. The molecule has 0 atom stereocenters. The number of rotatable bonds is 6. The first-order chi connectivity index (χ1) is 12.2. The molecular formula is C19H23ClN4O. The maximum atomic E-state index is 12.0. The maximum Gasteiger partial charge on any atom is 0.251 e. The molecule has 2 aromatic rings. The Morgan fingerprint density at radius 1 is 1.12 bits per heavy atom. The number of aromatic nitrogens is 1. The van der Waals surface area contributed by atoms with E-state index in [2.05, 4.69) is 44.4 Å². The quantitative estimate of drug-likeness (QED) is 0.637. The van der Waals surface area contributed by atoms with E-state index in [1.807, 2.05) is 6.07 Å². The van der Waals surface area contributed by atoms with Crippen LogP contribution in [0, 0.1) is 0 Å². The average molecular weight is 359 g/mol. The van der Waals surface area contributed by atoms with Gasteiger partial charge in [0.05, 0.1) is 0 Å². The number of pyridine rings is 1. The minimum atomic E-state index is -0.0989. The van der Waals surface area contributed by atoms with E-state index in [1.54, 1.807) is 18.3 Å². The van der Waals surface area contributed by atoms with E-state index < -0.39 is 0 Å². The van der Waals surface area contributed by atoms with Crippen molar-refractivity contribution < 1.29 is 4.79 Å². The summed E-state index contributed by atoms with van der Waals surface area (Å²) in [4.78, 5) is 20.8. The number of hydrogen-bond acceptors (Lipinski definition) is 4. The highest BCUT2D eigenvalue weighted by Crippen LogP contribution is 2.15. The lowest BCUT2D eigenvalue weighted by Crippen LogP contribution is -2.47. The van der Waals surface area contributed by atoms with Gasteiger partial charge in [-0.05, 0) is 37.2 Å². The van der Waals surface area contributed by atoms with Crippen molar-refractivity contribution in [2.24, 2.45) is 0 Å². The molecule has 132 valence electrons. The minimum absolute atomic E-state index is 0.0989. The Morgan fingerprint density at radius 3 is 2.60 bits per heavy atom. The second kappa shape index (κ2) is 8.83. The van der Waals surface area contributed by atoms with Crippen LogP contribution >= 0.6 is 11.6 Å². The number of nitrogens with one attached hydrogen (secondary N) is 1. The van der Waals surface area contributed by atoms with Gasteiger partial charge in [0.2, 0.25) is 0 Å². The van der Waals surface area contributed by atoms with Crippen molar-refractivity contribution in [3.8, 4) is 0 Å². The molecular weight excluding hydrogens is 336 g/mol. The highest BCUT2D eigenvalue weighted by Gasteiger charge is 2.16. The molecule has 1 amide bonds. The minimum Gasteiger partial charge on any atom is -0.369 e. The normalized spacial score (nSPS) is 15.2. The topological polar surface area (TPSA) is 48.5 Å². The van der Waals surface area contributed by atoms with Gasteiger partial charge in [0.1, 0.15) is 5.15 Å². The SMILES string of the molecule is O=C(NCCCN1CCN(c2ccccc2)CC1)c1ccnc(Cl)c1. The van der Waals surface area contributed by atoms with Gasteiger partial charge >= 0.3 is 0 Å². The number of carbonyl (C=O) groups excluding carboxylic acids is 1. The van der Waals surface area contributed by atoms with Crippen molar-refractivity contribution >= 4 is 23.2 Å². The molecule has 1 aliphatic rings. The highest BCUT2D eigenvalue weighted by molar-refractivity contribution is 6.29. The number of benzene rings is 1. The molecule has 1 aromatic heterocycles. The first kappa shape index (κ1) is 17.7. The third kappa shape index (κ3) is 5.18. The van der Waals surface area contributed by atoms with Gasteiger partial charge < -0.3 is 10.2 Å². The fraction of sp³-hybridized carbons (Fsp3) is 0.368. The number of para-hydroxylation sites is 1. The number of piperazine rings is 1. The van der Waals surface area contributed by atoms with E-state index in [0.717, 1.165) is 39.1 Å². The Bertz CT molecular complexity index is 687. The lowest BCUT2D eigenvalue weighted by molar-refractivity contribution is 0.0951. The zero-order valence-electron chi connectivity index (χ0n) is 14.2. The van der Waals surface area contributed by atoms with Crippen LogP contribution in [0.5, 0.6) is 0 Å². The number of amides is 1.